The minimum Gasteiger partial charge on any atom is -0.478 e. The molecule has 0 amide bonds. The summed E-state index contributed by atoms with van der Waals surface area (Å²) < 4.78 is 5.96. The number of benzene rings is 1. The van der Waals surface area contributed by atoms with Gasteiger partial charge in [0.05, 0.1) is 4.92 Å². The predicted octanol–water partition coefficient (Wildman–Crippen LogP) is 2.48. The molecule has 0 atom stereocenters. The number of aromatic nitrogens is 2. The number of ether oxygens (including phenoxy) is 1. The number of nitro groups is 1. The second-order valence-electron chi connectivity index (χ2n) is 3.53. The van der Waals surface area contributed by atoms with Crippen LogP contribution in [0.3, 0.4) is 0 Å². The molecule has 0 spiro atoms. The van der Waals surface area contributed by atoms with E-state index in [0.29, 0.717) is 0 Å². The molecule has 102 valence electrons. The molecule has 0 unspecified atom stereocenters. The van der Waals surface area contributed by atoms with Crippen molar-refractivity contribution in [1.29, 1.82) is 0 Å². The third-order valence-electron chi connectivity index (χ3n) is 2.20. The minimum atomic E-state index is -1.15. The quantitative estimate of drug-likeness (QED) is 0.487. The standard InChI is InChI=1S/C11H6IN3O5/c12-6-1-2-9(8(3-6)10(16)17)20-11-13-4-7(5-14-11)15(18)19/h1-5H,(H,16,17). The summed E-state index contributed by atoms with van der Waals surface area (Å²) in [5.74, 6) is -1.09. The van der Waals surface area contributed by atoms with Crippen molar-refractivity contribution in [2.75, 3.05) is 0 Å². The van der Waals surface area contributed by atoms with Gasteiger partial charge in [-0.1, -0.05) is 0 Å². The van der Waals surface area contributed by atoms with Crippen molar-refractivity contribution < 1.29 is 19.6 Å². The number of hydrogen-bond acceptors (Lipinski definition) is 6. The highest BCUT2D eigenvalue weighted by molar-refractivity contribution is 14.1. The van der Waals surface area contributed by atoms with Gasteiger partial charge < -0.3 is 9.84 Å². The average molecular weight is 387 g/mol. The third kappa shape index (κ3) is 3.17. The largest absolute Gasteiger partial charge is 0.478 e. The second-order valence-corrected chi connectivity index (χ2v) is 4.77. The molecule has 0 saturated carbocycles. The van der Waals surface area contributed by atoms with E-state index in [-0.39, 0.29) is 23.0 Å². The highest BCUT2D eigenvalue weighted by atomic mass is 127. The normalized spacial score (nSPS) is 10.1. The van der Waals surface area contributed by atoms with Crippen LogP contribution in [-0.4, -0.2) is 26.0 Å². The molecule has 1 heterocycles. The molecule has 0 aliphatic heterocycles. The first-order chi connectivity index (χ1) is 9.47. The minimum absolute atomic E-state index is 0.0427. The van der Waals surface area contributed by atoms with E-state index in [9.17, 15) is 14.9 Å². The molecule has 0 aliphatic rings. The number of rotatable bonds is 4. The lowest BCUT2D eigenvalue weighted by Gasteiger charge is -2.06. The summed E-state index contributed by atoms with van der Waals surface area (Å²) in [5, 5.41) is 19.5. The number of carbonyl (C=O) groups is 1. The average Bonchev–Trinajstić information content (AvgIpc) is 2.41. The first-order valence-electron chi connectivity index (χ1n) is 5.14. The van der Waals surface area contributed by atoms with E-state index in [2.05, 4.69) is 9.97 Å². The first kappa shape index (κ1) is 14.1. The van der Waals surface area contributed by atoms with Gasteiger partial charge in [-0.3, -0.25) is 10.1 Å². The molecule has 0 fully saturated rings. The van der Waals surface area contributed by atoms with Gasteiger partial charge in [0, 0.05) is 3.57 Å². The van der Waals surface area contributed by atoms with E-state index < -0.39 is 10.9 Å². The Morgan fingerprint density at radius 1 is 1.35 bits per heavy atom. The number of hydrogen-bond donors (Lipinski definition) is 1. The van der Waals surface area contributed by atoms with Crippen LogP contribution < -0.4 is 4.74 Å². The Morgan fingerprint density at radius 2 is 2.00 bits per heavy atom. The van der Waals surface area contributed by atoms with Gasteiger partial charge in [-0.05, 0) is 40.8 Å². The molecule has 2 aromatic rings. The van der Waals surface area contributed by atoms with E-state index in [1.807, 2.05) is 22.6 Å². The highest BCUT2D eigenvalue weighted by Crippen LogP contribution is 2.25. The number of aromatic carboxylic acids is 1. The van der Waals surface area contributed by atoms with Crippen LogP contribution in [0, 0.1) is 13.7 Å². The first-order valence-corrected chi connectivity index (χ1v) is 6.22. The zero-order chi connectivity index (χ0) is 14.7. The van der Waals surface area contributed by atoms with Crippen molar-refractivity contribution in [3.8, 4) is 11.8 Å². The van der Waals surface area contributed by atoms with Gasteiger partial charge in [0.2, 0.25) is 0 Å². The molecule has 1 aromatic carbocycles. The highest BCUT2D eigenvalue weighted by Gasteiger charge is 2.14. The van der Waals surface area contributed by atoms with Crippen LogP contribution in [0.25, 0.3) is 0 Å². The molecule has 8 nitrogen and oxygen atoms in total. The smallest absolute Gasteiger partial charge is 0.339 e. The fraction of sp³-hybridized carbons (Fsp3) is 0. The van der Waals surface area contributed by atoms with Gasteiger partial charge in [-0.15, -0.1) is 0 Å². The molecule has 0 saturated heterocycles. The van der Waals surface area contributed by atoms with Crippen LogP contribution in [0.1, 0.15) is 10.4 Å². The molecule has 2 rings (SSSR count). The second kappa shape index (κ2) is 5.77. The monoisotopic (exact) mass is 387 g/mol. The Kier molecular flexibility index (Phi) is 4.08. The molecule has 0 radical (unpaired) electrons. The van der Waals surface area contributed by atoms with Crippen LogP contribution in [0.15, 0.2) is 30.6 Å². The van der Waals surface area contributed by atoms with Crippen LogP contribution in [0.5, 0.6) is 11.8 Å². The molecule has 1 aromatic heterocycles. The topological polar surface area (TPSA) is 115 Å². The SMILES string of the molecule is O=C(O)c1cc(I)ccc1Oc1ncc([N+](=O)[O-])cn1. The summed E-state index contributed by atoms with van der Waals surface area (Å²) in [7, 11) is 0. The summed E-state index contributed by atoms with van der Waals surface area (Å²) in [6.07, 6.45) is 1.96. The van der Waals surface area contributed by atoms with E-state index in [4.69, 9.17) is 9.84 Å². The van der Waals surface area contributed by atoms with E-state index in [0.717, 1.165) is 16.0 Å². The molecular weight excluding hydrogens is 381 g/mol. The molecule has 0 aliphatic carbocycles. The van der Waals surface area contributed by atoms with Crippen LogP contribution in [-0.2, 0) is 0 Å². The number of halogens is 1. The Morgan fingerprint density at radius 3 is 2.55 bits per heavy atom. The molecular formula is C11H6IN3O5. The maximum absolute atomic E-state index is 11.1. The van der Waals surface area contributed by atoms with Gasteiger partial charge in [0.15, 0.2) is 0 Å². The van der Waals surface area contributed by atoms with Crippen molar-refractivity contribution in [2.45, 2.75) is 0 Å². The van der Waals surface area contributed by atoms with Gasteiger partial charge in [0.1, 0.15) is 23.7 Å². The van der Waals surface area contributed by atoms with Crippen LogP contribution in [0.4, 0.5) is 5.69 Å². The lowest BCUT2D eigenvalue weighted by Crippen LogP contribution is -2.02. The van der Waals surface area contributed by atoms with E-state index >= 15 is 0 Å². The Balaban J connectivity index is 2.30. The summed E-state index contributed by atoms with van der Waals surface area (Å²) in [6.45, 7) is 0. The van der Waals surface area contributed by atoms with Gasteiger partial charge in [-0.2, -0.15) is 9.97 Å². The van der Waals surface area contributed by atoms with Gasteiger partial charge in [0.25, 0.3) is 0 Å². The third-order valence-corrected chi connectivity index (χ3v) is 2.87. The number of carboxylic acid groups (broad SMARTS) is 1. The Hall–Kier alpha value is -2.30. The molecule has 20 heavy (non-hydrogen) atoms. The van der Waals surface area contributed by atoms with Gasteiger partial charge >= 0.3 is 17.7 Å². The van der Waals surface area contributed by atoms with Gasteiger partial charge in [-0.25, -0.2) is 4.79 Å². The van der Waals surface area contributed by atoms with E-state index in [1.54, 1.807) is 6.07 Å². The zero-order valence-electron chi connectivity index (χ0n) is 9.69. The molecule has 1 N–H and O–H groups in total. The van der Waals surface area contributed by atoms with Crippen LogP contribution >= 0.6 is 22.6 Å². The van der Waals surface area contributed by atoms with Crippen molar-refractivity contribution in [2.24, 2.45) is 0 Å². The molecule has 9 heteroatoms. The number of carboxylic acids is 1. The Bertz CT molecular complexity index is 674. The van der Waals surface area contributed by atoms with Crippen molar-refractivity contribution in [3.63, 3.8) is 0 Å². The van der Waals surface area contributed by atoms with Crippen molar-refractivity contribution >= 4 is 34.2 Å². The number of nitrogens with zero attached hydrogens (tertiary/aromatic N) is 3. The fourth-order valence-corrected chi connectivity index (χ4v) is 1.80. The van der Waals surface area contributed by atoms with Crippen LogP contribution in [0.2, 0.25) is 0 Å². The lowest BCUT2D eigenvalue weighted by atomic mass is 10.2. The lowest BCUT2D eigenvalue weighted by molar-refractivity contribution is -0.385. The Labute approximate surface area is 125 Å². The summed E-state index contributed by atoms with van der Waals surface area (Å²) in [5.41, 5.74) is -0.322. The summed E-state index contributed by atoms with van der Waals surface area (Å²) >= 11 is 1.97. The van der Waals surface area contributed by atoms with Crippen molar-refractivity contribution in [1.82, 2.24) is 9.97 Å². The van der Waals surface area contributed by atoms with Crippen molar-refractivity contribution in [3.05, 3.63) is 49.8 Å². The summed E-state index contributed by atoms with van der Waals surface area (Å²) in [6, 6.07) is 4.40. The zero-order valence-corrected chi connectivity index (χ0v) is 11.8. The maximum atomic E-state index is 11.1. The maximum Gasteiger partial charge on any atom is 0.339 e. The van der Waals surface area contributed by atoms with E-state index in [1.165, 1.54) is 12.1 Å². The fourth-order valence-electron chi connectivity index (χ4n) is 1.31. The summed E-state index contributed by atoms with van der Waals surface area (Å²) in [4.78, 5) is 28.2. The molecule has 0 bridgehead atoms. The predicted molar refractivity (Wildman–Crippen MR) is 74.9 cm³/mol.